The SMILES string of the molecule is CC[C@H](C(=O)NC1CCCCC1)N(Cc1ccc(F)cc1)C(=O)COc1cc(OC)cc(OC)c1. The number of hydrogen-bond acceptors (Lipinski definition) is 5. The summed E-state index contributed by atoms with van der Waals surface area (Å²) in [5, 5.41) is 3.14. The molecule has 0 radical (unpaired) electrons. The average molecular weight is 487 g/mol. The summed E-state index contributed by atoms with van der Waals surface area (Å²) in [4.78, 5) is 28.1. The van der Waals surface area contributed by atoms with E-state index in [-0.39, 0.29) is 36.8 Å². The molecule has 35 heavy (non-hydrogen) atoms. The Morgan fingerprint density at radius 2 is 1.60 bits per heavy atom. The first-order valence-corrected chi connectivity index (χ1v) is 12.1. The van der Waals surface area contributed by atoms with Crippen molar-refractivity contribution in [2.75, 3.05) is 20.8 Å². The first-order valence-electron chi connectivity index (χ1n) is 12.1. The summed E-state index contributed by atoms with van der Waals surface area (Å²) in [7, 11) is 3.07. The first kappa shape index (κ1) is 26.3. The molecule has 1 atom stereocenters. The van der Waals surface area contributed by atoms with E-state index in [1.165, 1.54) is 37.7 Å². The fourth-order valence-electron chi connectivity index (χ4n) is 4.34. The molecule has 0 saturated heterocycles. The highest BCUT2D eigenvalue weighted by Gasteiger charge is 2.30. The van der Waals surface area contributed by atoms with E-state index in [4.69, 9.17) is 14.2 Å². The fourth-order valence-corrected chi connectivity index (χ4v) is 4.34. The highest BCUT2D eigenvalue weighted by atomic mass is 19.1. The summed E-state index contributed by atoms with van der Waals surface area (Å²) in [5.74, 6) is 0.612. The molecule has 0 spiro atoms. The minimum Gasteiger partial charge on any atom is -0.496 e. The summed E-state index contributed by atoms with van der Waals surface area (Å²) in [6, 6.07) is 10.4. The zero-order valence-electron chi connectivity index (χ0n) is 20.7. The number of amides is 2. The second-order valence-corrected chi connectivity index (χ2v) is 8.75. The highest BCUT2D eigenvalue weighted by molar-refractivity contribution is 5.88. The van der Waals surface area contributed by atoms with Crippen LogP contribution < -0.4 is 19.5 Å². The Morgan fingerprint density at radius 3 is 2.17 bits per heavy atom. The number of rotatable bonds is 11. The maximum absolute atomic E-state index is 13.4. The van der Waals surface area contributed by atoms with E-state index < -0.39 is 6.04 Å². The van der Waals surface area contributed by atoms with Crippen LogP contribution in [-0.4, -0.2) is 49.6 Å². The lowest BCUT2D eigenvalue weighted by Crippen LogP contribution is -2.52. The normalized spacial score (nSPS) is 14.6. The predicted molar refractivity (Wildman–Crippen MR) is 131 cm³/mol. The monoisotopic (exact) mass is 486 g/mol. The highest BCUT2D eigenvalue weighted by Crippen LogP contribution is 2.27. The lowest BCUT2D eigenvalue weighted by molar-refractivity contribution is -0.143. The molecule has 2 aromatic carbocycles. The van der Waals surface area contributed by atoms with E-state index in [1.807, 2.05) is 6.92 Å². The number of nitrogens with zero attached hydrogens (tertiary/aromatic N) is 1. The minimum absolute atomic E-state index is 0.133. The molecule has 7 nitrogen and oxygen atoms in total. The van der Waals surface area contributed by atoms with Gasteiger partial charge in [-0.2, -0.15) is 0 Å². The zero-order chi connectivity index (χ0) is 25.2. The fraction of sp³-hybridized carbons (Fsp3) is 0.481. The van der Waals surface area contributed by atoms with Crippen LogP contribution in [0.3, 0.4) is 0 Å². The average Bonchev–Trinajstić information content (AvgIpc) is 2.88. The van der Waals surface area contributed by atoms with Gasteiger partial charge in [0.25, 0.3) is 5.91 Å². The number of methoxy groups -OCH3 is 2. The zero-order valence-corrected chi connectivity index (χ0v) is 20.7. The van der Waals surface area contributed by atoms with Gasteiger partial charge in [0.15, 0.2) is 6.61 Å². The van der Waals surface area contributed by atoms with E-state index in [9.17, 15) is 14.0 Å². The molecule has 0 heterocycles. The van der Waals surface area contributed by atoms with Gasteiger partial charge >= 0.3 is 0 Å². The molecule has 0 aromatic heterocycles. The summed E-state index contributed by atoms with van der Waals surface area (Å²) in [6.07, 6.45) is 5.73. The lowest BCUT2D eigenvalue weighted by Gasteiger charge is -2.32. The molecule has 8 heteroatoms. The maximum Gasteiger partial charge on any atom is 0.261 e. The number of carbonyl (C=O) groups excluding carboxylic acids is 2. The molecule has 2 amide bonds. The quantitative estimate of drug-likeness (QED) is 0.507. The Balaban J connectivity index is 1.77. The van der Waals surface area contributed by atoms with Crippen molar-refractivity contribution in [1.29, 1.82) is 0 Å². The predicted octanol–water partition coefficient (Wildman–Crippen LogP) is 4.48. The topological polar surface area (TPSA) is 77.1 Å². The summed E-state index contributed by atoms with van der Waals surface area (Å²) in [6.45, 7) is 1.77. The van der Waals surface area contributed by atoms with E-state index in [0.29, 0.717) is 23.7 Å². The van der Waals surface area contributed by atoms with Gasteiger partial charge in [-0.05, 0) is 37.0 Å². The van der Waals surface area contributed by atoms with Gasteiger partial charge in [-0.25, -0.2) is 4.39 Å². The van der Waals surface area contributed by atoms with Crippen molar-refractivity contribution in [2.24, 2.45) is 0 Å². The van der Waals surface area contributed by atoms with E-state index in [2.05, 4.69) is 5.32 Å². The molecule has 0 aliphatic heterocycles. The van der Waals surface area contributed by atoms with E-state index >= 15 is 0 Å². The summed E-state index contributed by atoms with van der Waals surface area (Å²) in [5.41, 5.74) is 0.728. The Labute approximate surface area is 206 Å². The van der Waals surface area contributed by atoms with Crippen molar-refractivity contribution in [2.45, 2.75) is 64.1 Å². The smallest absolute Gasteiger partial charge is 0.261 e. The van der Waals surface area contributed by atoms with Crippen molar-refractivity contribution >= 4 is 11.8 Å². The molecular formula is C27H35FN2O5. The van der Waals surface area contributed by atoms with Crippen LogP contribution in [-0.2, 0) is 16.1 Å². The first-order chi connectivity index (χ1) is 16.9. The number of nitrogens with one attached hydrogen (secondary N) is 1. The largest absolute Gasteiger partial charge is 0.496 e. The molecule has 0 bridgehead atoms. The molecular weight excluding hydrogens is 451 g/mol. The number of benzene rings is 2. The second kappa shape index (κ2) is 13.0. The molecule has 1 aliphatic carbocycles. The van der Waals surface area contributed by atoms with Gasteiger partial charge in [0.1, 0.15) is 29.1 Å². The maximum atomic E-state index is 13.4. The Kier molecular flexibility index (Phi) is 9.76. The lowest BCUT2D eigenvalue weighted by atomic mass is 9.95. The summed E-state index contributed by atoms with van der Waals surface area (Å²) < 4.78 is 29.7. The summed E-state index contributed by atoms with van der Waals surface area (Å²) >= 11 is 0. The Bertz CT molecular complexity index is 954. The molecule has 1 saturated carbocycles. The molecule has 190 valence electrons. The molecule has 0 unspecified atom stereocenters. The molecule has 1 aliphatic rings. The number of halogens is 1. The van der Waals surface area contributed by atoms with Crippen LogP contribution >= 0.6 is 0 Å². The number of hydrogen-bond donors (Lipinski definition) is 1. The van der Waals surface area contributed by atoms with Crippen LogP contribution in [0.2, 0.25) is 0 Å². The third-order valence-electron chi connectivity index (χ3n) is 6.29. The van der Waals surface area contributed by atoms with Gasteiger partial charge in [0.2, 0.25) is 5.91 Å². The van der Waals surface area contributed by atoms with Gasteiger partial charge in [0, 0.05) is 30.8 Å². The van der Waals surface area contributed by atoms with Gasteiger partial charge in [-0.15, -0.1) is 0 Å². The van der Waals surface area contributed by atoms with Crippen LogP contribution in [0.1, 0.15) is 51.0 Å². The van der Waals surface area contributed by atoms with Gasteiger partial charge in [-0.1, -0.05) is 38.3 Å². The van der Waals surface area contributed by atoms with E-state index in [0.717, 1.165) is 31.2 Å². The van der Waals surface area contributed by atoms with Crippen molar-refractivity contribution in [3.63, 3.8) is 0 Å². The molecule has 3 rings (SSSR count). The van der Waals surface area contributed by atoms with Crippen LogP contribution in [0.15, 0.2) is 42.5 Å². The van der Waals surface area contributed by atoms with Crippen molar-refractivity contribution in [3.8, 4) is 17.2 Å². The molecule has 2 aromatic rings. The van der Waals surface area contributed by atoms with Gasteiger partial charge in [-0.3, -0.25) is 9.59 Å². The van der Waals surface area contributed by atoms with Crippen LogP contribution in [0.25, 0.3) is 0 Å². The Hall–Kier alpha value is -3.29. The van der Waals surface area contributed by atoms with Crippen molar-refractivity contribution < 1.29 is 28.2 Å². The van der Waals surface area contributed by atoms with Gasteiger partial charge < -0.3 is 24.4 Å². The number of carbonyl (C=O) groups is 2. The van der Waals surface area contributed by atoms with Crippen molar-refractivity contribution in [3.05, 3.63) is 53.8 Å². The van der Waals surface area contributed by atoms with Crippen LogP contribution in [0, 0.1) is 5.82 Å². The van der Waals surface area contributed by atoms with Gasteiger partial charge in [0.05, 0.1) is 14.2 Å². The van der Waals surface area contributed by atoms with Crippen LogP contribution in [0.5, 0.6) is 17.2 Å². The second-order valence-electron chi connectivity index (χ2n) is 8.75. The molecule has 1 N–H and O–H groups in total. The van der Waals surface area contributed by atoms with Crippen molar-refractivity contribution in [1.82, 2.24) is 10.2 Å². The Morgan fingerprint density at radius 1 is 1.00 bits per heavy atom. The number of ether oxygens (including phenoxy) is 3. The van der Waals surface area contributed by atoms with Crippen LogP contribution in [0.4, 0.5) is 4.39 Å². The minimum atomic E-state index is -0.669. The van der Waals surface area contributed by atoms with E-state index in [1.54, 1.807) is 30.3 Å². The molecule has 1 fully saturated rings. The third kappa shape index (κ3) is 7.60. The third-order valence-corrected chi connectivity index (χ3v) is 6.29. The standard InChI is InChI=1S/C27H35FN2O5/c1-4-25(27(32)29-21-8-6-5-7-9-21)30(17-19-10-12-20(28)13-11-19)26(31)18-35-24-15-22(33-2)14-23(16-24)34-3/h10-16,21,25H,4-9,17-18H2,1-3H3,(H,29,32)/t25-/m1/s1.